The molecular weight excluding hydrogens is 224 g/mol. The highest BCUT2D eigenvalue weighted by atomic mass is 16.5. The van der Waals surface area contributed by atoms with Gasteiger partial charge in [0.25, 0.3) is 0 Å². The maximum atomic E-state index is 5.22. The van der Waals surface area contributed by atoms with Gasteiger partial charge in [0.05, 0.1) is 7.11 Å². The molecular formula is C15H24N2O. The number of hydrogen-bond acceptors (Lipinski definition) is 3. The minimum Gasteiger partial charge on any atom is -0.497 e. The smallest absolute Gasteiger partial charge is 0.118 e. The van der Waals surface area contributed by atoms with Gasteiger partial charge in [0.2, 0.25) is 0 Å². The van der Waals surface area contributed by atoms with E-state index in [1.807, 2.05) is 0 Å². The van der Waals surface area contributed by atoms with Crippen LogP contribution in [0.2, 0.25) is 0 Å². The average Bonchev–Trinajstić information content (AvgIpc) is 2.40. The quantitative estimate of drug-likeness (QED) is 0.885. The van der Waals surface area contributed by atoms with E-state index in [9.17, 15) is 0 Å². The summed E-state index contributed by atoms with van der Waals surface area (Å²) in [6.45, 7) is 7.88. The lowest BCUT2D eigenvalue weighted by Gasteiger charge is -2.37. The summed E-state index contributed by atoms with van der Waals surface area (Å²) < 4.78 is 5.22. The van der Waals surface area contributed by atoms with Gasteiger partial charge in [-0.3, -0.25) is 4.90 Å². The van der Waals surface area contributed by atoms with E-state index in [0.717, 1.165) is 31.8 Å². The Balaban J connectivity index is 2.11. The van der Waals surface area contributed by atoms with Crippen LogP contribution in [0, 0.1) is 0 Å². The van der Waals surface area contributed by atoms with Crippen molar-refractivity contribution in [3.05, 3.63) is 29.8 Å². The zero-order valence-electron chi connectivity index (χ0n) is 11.6. The number of benzene rings is 1. The zero-order valence-corrected chi connectivity index (χ0v) is 11.6. The third kappa shape index (κ3) is 3.03. The van der Waals surface area contributed by atoms with Crippen LogP contribution in [0.5, 0.6) is 5.75 Å². The molecule has 1 N–H and O–H groups in total. The summed E-state index contributed by atoms with van der Waals surface area (Å²) in [5.74, 6) is 0.933. The van der Waals surface area contributed by atoms with Crippen molar-refractivity contribution in [1.82, 2.24) is 10.2 Å². The minimum atomic E-state index is 0.528. The Hall–Kier alpha value is -1.06. The van der Waals surface area contributed by atoms with E-state index in [-0.39, 0.29) is 0 Å². The van der Waals surface area contributed by atoms with Gasteiger partial charge in [-0.2, -0.15) is 0 Å². The van der Waals surface area contributed by atoms with E-state index in [1.165, 1.54) is 5.56 Å². The molecule has 0 spiro atoms. The molecule has 1 heterocycles. The molecule has 0 aliphatic carbocycles. The molecule has 3 nitrogen and oxygen atoms in total. The predicted octanol–water partition coefficient (Wildman–Crippen LogP) is 2.44. The van der Waals surface area contributed by atoms with Crippen molar-refractivity contribution in [2.75, 3.05) is 26.7 Å². The van der Waals surface area contributed by atoms with Crippen molar-refractivity contribution in [1.29, 1.82) is 0 Å². The van der Waals surface area contributed by atoms with Crippen molar-refractivity contribution in [3.8, 4) is 5.75 Å². The molecule has 1 saturated heterocycles. The predicted molar refractivity (Wildman–Crippen MR) is 75.1 cm³/mol. The molecule has 0 aromatic heterocycles. The number of rotatable bonds is 4. The SMILES string of the molecule is CCC(c1ccc(OC)cc1)N1CCNC(C)C1. The second kappa shape index (κ2) is 6.21. The normalized spacial score (nSPS) is 22.7. The van der Waals surface area contributed by atoms with Crippen LogP contribution < -0.4 is 10.1 Å². The summed E-state index contributed by atoms with van der Waals surface area (Å²) in [5.41, 5.74) is 1.40. The molecule has 0 radical (unpaired) electrons. The first kappa shape index (κ1) is 13.4. The molecule has 1 aliphatic rings. The highest BCUT2D eigenvalue weighted by Gasteiger charge is 2.23. The van der Waals surface area contributed by atoms with Gasteiger partial charge in [0.1, 0.15) is 5.75 Å². The molecule has 1 fully saturated rings. The minimum absolute atomic E-state index is 0.528. The molecule has 18 heavy (non-hydrogen) atoms. The Bertz CT molecular complexity index is 363. The van der Waals surface area contributed by atoms with E-state index in [2.05, 4.69) is 48.3 Å². The van der Waals surface area contributed by atoms with Gasteiger partial charge in [0, 0.05) is 31.7 Å². The fraction of sp³-hybridized carbons (Fsp3) is 0.600. The molecule has 3 heteroatoms. The lowest BCUT2D eigenvalue weighted by Crippen LogP contribution is -2.50. The van der Waals surface area contributed by atoms with Crippen LogP contribution in [0.25, 0.3) is 0 Å². The molecule has 1 aromatic rings. The Morgan fingerprint density at radius 3 is 2.67 bits per heavy atom. The number of methoxy groups -OCH3 is 1. The summed E-state index contributed by atoms with van der Waals surface area (Å²) in [5, 5.41) is 3.50. The average molecular weight is 248 g/mol. The van der Waals surface area contributed by atoms with Crippen LogP contribution in [0.15, 0.2) is 24.3 Å². The third-order valence-corrected chi connectivity index (χ3v) is 3.73. The Kier molecular flexibility index (Phi) is 4.61. The van der Waals surface area contributed by atoms with Crippen LogP contribution >= 0.6 is 0 Å². The third-order valence-electron chi connectivity index (χ3n) is 3.73. The number of hydrogen-bond donors (Lipinski definition) is 1. The summed E-state index contributed by atoms with van der Waals surface area (Å²) >= 11 is 0. The van der Waals surface area contributed by atoms with Crippen molar-refractivity contribution < 1.29 is 4.74 Å². The highest BCUT2D eigenvalue weighted by molar-refractivity contribution is 5.29. The maximum absolute atomic E-state index is 5.22. The number of nitrogens with one attached hydrogen (secondary N) is 1. The highest BCUT2D eigenvalue weighted by Crippen LogP contribution is 2.26. The van der Waals surface area contributed by atoms with Gasteiger partial charge in [-0.25, -0.2) is 0 Å². The second-order valence-electron chi connectivity index (χ2n) is 5.05. The summed E-state index contributed by atoms with van der Waals surface area (Å²) in [7, 11) is 1.71. The van der Waals surface area contributed by atoms with E-state index < -0.39 is 0 Å². The fourth-order valence-corrected chi connectivity index (χ4v) is 2.78. The lowest BCUT2D eigenvalue weighted by molar-refractivity contribution is 0.145. The van der Waals surface area contributed by atoms with Crippen molar-refractivity contribution in [2.24, 2.45) is 0 Å². The molecule has 100 valence electrons. The fourth-order valence-electron chi connectivity index (χ4n) is 2.78. The largest absolute Gasteiger partial charge is 0.497 e. The van der Waals surface area contributed by atoms with Gasteiger partial charge in [-0.1, -0.05) is 19.1 Å². The van der Waals surface area contributed by atoms with Crippen LogP contribution in [0.4, 0.5) is 0 Å². The monoisotopic (exact) mass is 248 g/mol. The Morgan fingerprint density at radius 1 is 1.39 bits per heavy atom. The van der Waals surface area contributed by atoms with E-state index in [4.69, 9.17) is 4.74 Å². The lowest BCUT2D eigenvalue weighted by atomic mass is 10.0. The van der Waals surface area contributed by atoms with Gasteiger partial charge < -0.3 is 10.1 Å². The molecule has 2 atom stereocenters. The molecule has 2 unspecified atom stereocenters. The summed E-state index contributed by atoms with van der Waals surface area (Å²) in [4.78, 5) is 2.59. The van der Waals surface area contributed by atoms with E-state index in [1.54, 1.807) is 7.11 Å². The van der Waals surface area contributed by atoms with Crippen LogP contribution in [-0.2, 0) is 0 Å². The molecule has 1 aromatic carbocycles. The Labute approximate surface area is 110 Å². The van der Waals surface area contributed by atoms with Crippen molar-refractivity contribution in [2.45, 2.75) is 32.4 Å². The Morgan fingerprint density at radius 2 is 2.11 bits per heavy atom. The molecule has 0 bridgehead atoms. The van der Waals surface area contributed by atoms with E-state index >= 15 is 0 Å². The van der Waals surface area contributed by atoms with Gasteiger partial charge >= 0.3 is 0 Å². The van der Waals surface area contributed by atoms with Crippen LogP contribution in [0.1, 0.15) is 31.9 Å². The van der Waals surface area contributed by atoms with Crippen LogP contribution in [-0.4, -0.2) is 37.7 Å². The number of ether oxygens (including phenoxy) is 1. The van der Waals surface area contributed by atoms with Gasteiger partial charge in [-0.05, 0) is 31.0 Å². The molecule has 1 aliphatic heterocycles. The second-order valence-corrected chi connectivity index (χ2v) is 5.05. The first-order valence-corrected chi connectivity index (χ1v) is 6.86. The topological polar surface area (TPSA) is 24.5 Å². The van der Waals surface area contributed by atoms with Crippen LogP contribution in [0.3, 0.4) is 0 Å². The first-order chi connectivity index (χ1) is 8.74. The molecule has 0 saturated carbocycles. The number of piperazine rings is 1. The zero-order chi connectivity index (χ0) is 13.0. The van der Waals surface area contributed by atoms with Crippen molar-refractivity contribution >= 4 is 0 Å². The standard InChI is InChI=1S/C15H24N2O/c1-4-15(17-10-9-16-12(2)11-17)13-5-7-14(18-3)8-6-13/h5-8,12,15-16H,4,9-11H2,1-3H3. The van der Waals surface area contributed by atoms with Gasteiger partial charge in [0.15, 0.2) is 0 Å². The molecule has 2 rings (SSSR count). The van der Waals surface area contributed by atoms with E-state index in [0.29, 0.717) is 12.1 Å². The summed E-state index contributed by atoms with van der Waals surface area (Å²) in [6, 6.07) is 9.62. The molecule has 0 amide bonds. The summed E-state index contributed by atoms with van der Waals surface area (Å²) in [6.07, 6.45) is 1.15. The van der Waals surface area contributed by atoms with Crippen molar-refractivity contribution in [3.63, 3.8) is 0 Å². The first-order valence-electron chi connectivity index (χ1n) is 6.86. The maximum Gasteiger partial charge on any atom is 0.118 e. The number of nitrogens with zero attached hydrogens (tertiary/aromatic N) is 1. The van der Waals surface area contributed by atoms with Gasteiger partial charge in [-0.15, -0.1) is 0 Å².